The normalized spacial score (nSPS) is 11.3. The second-order valence-electron chi connectivity index (χ2n) is 5.76. The van der Waals surface area contributed by atoms with E-state index in [0.717, 1.165) is 16.0 Å². The quantitative estimate of drug-likeness (QED) is 0.827. The predicted molar refractivity (Wildman–Crippen MR) is 84.3 cm³/mol. The lowest BCUT2D eigenvalue weighted by molar-refractivity contribution is 0.0636. The molecule has 0 bridgehead atoms. The molecule has 0 aliphatic rings. The number of ether oxygens (including phenoxy) is 1. The molecule has 0 unspecified atom stereocenters. The Balaban J connectivity index is 2.16. The van der Waals surface area contributed by atoms with E-state index in [9.17, 15) is 9.18 Å². The third-order valence-corrected chi connectivity index (χ3v) is 3.85. The van der Waals surface area contributed by atoms with Gasteiger partial charge in [0.15, 0.2) is 0 Å². The van der Waals surface area contributed by atoms with E-state index >= 15 is 0 Å². The molecule has 1 aromatic heterocycles. The van der Waals surface area contributed by atoms with Gasteiger partial charge < -0.3 is 4.74 Å². The third-order valence-electron chi connectivity index (χ3n) is 2.65. The number of nitrogens with one attached hydrogen (secondary N) is 1. The third kappa shape index (κ3) is 4.29. The molecule has 0 fully saturated rings. The molecule has 2 aromatic rings. The minimum Gasteiger partial charge on any atom is -0.444 e. The van der Waals surface area contributed by atoms with E-state index in [-0.39, 0.29) is 5.82 Å². The lowest BCUT2D eigenvalue weighted by atomic mass is 10.1. The number of carbonyl (C=O) groups is 1. The maximum Gasteiger partial charge on any atom is 0.412 e. The van der Waals surface area contributed by atoms with Crippen LogP contribution < -0.4 is 5.32 Å². The molecule has 0 radical (unpaired) electrons. The summed E-state index contributed by atoms with van der Waals surface area (Å²) in [6.45, 7) is 7.40. The van der Waals surface area contributed by atoms with Crippen LogP contribution in [-0.2, 0) is 4.74 Å². The number of rotatable bonds is 2. The van der Waals surface area contributed by atoms with Crippen molar-refractivity contribution in [3.63, 3.8) is 0 Å². The lowest BCUT2D eigenvalue weighted by Crippen LogP contribution is -2.26. The van der Waals surface area contributed by atoms with Gasteiger partial charge >= 0.3 is 6.09 Å². The van der Waals surface area contributed by atoms with Gasteiger partial charge in [0.05, 0.1) is 5.00 Å². The van der Waals surface area contributed by atoms with Gasteiger partial charge in [0.25, 0.3) is 0 Å². The Morgan fingerprint density at radius 1 is 1.24 bits per heavy atom. The van der Waals surface area contributed by atoms with E-state index in [1.165, 1.54) is 23.5 Å². The number of halogens is 1. The van der Waals surface area contributed by atoms with Crippen molar-refractivity contribution >= 4 is 22.4 Å². The van der Waals surface area contributed by atoms with E-state index < -0.39 is 11.7 Å². The number of thiophene rings is 1. The number of carbonyl (C=O) groups excluding carboxylic acids is 1. The van der Waals surface area contributed by atoms with E-state index in [2.05, 4.69) is 5.32 Å². The standard InChI is InChI=1S/C16H18FNO2S/c1-10-9-13(18-15(19)20-16(2,3)4)21-14(10)11-5-7-12(17)8-6-11/h5-9H,1-4H3,(H,18,19). The van der Waals surface area contributed by atoms with Crippen molar-refractivity contribution in [1.29, 1.82) is 0 Å². The smallest absolute Gasteiger partial charge is 0.412 e. The molecule has 1 heterocycles. The first-order chi connectivity index (χ1) is 9.74. The Labute approximate surface area is 127 Å². The second-order valence-corrected chi connectivity index (χ2v) is 6.81. The Morgan fingerprint density at radius 2 is 1.86 bits per heavy atom. The van der Waals surface area contributed by atoms with Crippen LogP contribution in [0.25, 0.3) is 10.4 Å². The molecule has 2 rings (SSSR count). The summed E-state index contributed by atoms with van der Waals surface area (Å²) >= 11 is 1.44. The van der Waals surface area contributed by atoms with Gasteiger partial charge in [-0.25, -0.2) is 9.18 Å². The zero-order valence-corrected chi connectivity index (χ0v) is 13.3. The van der Waals surface area contributed by atoms with Crippen molar-refractivity contribution in [1.82, 2.24) is 0 Å². The van der Waals surface area contributed by atoms with Crippen molar-refractivity contribution in [2.75, 3.05) is 5.32 Å². The summed E-state index contributed by atoms with van der Waals surface area (Å²) in [5, 5.41) is 3.43. The van der Waals surface area contributed by atoms with Crippen LogP contribution in [0.5, 0.6) is 0 Å². The van der Waals surface area contributed by atoms with E-state index in [4.69, 9.17) is 4.74 Å². The Hall–Kier alpha value is -1.88. The number of hydrogen-bond acceptors (Lipinski definition) is 3. The van der Waals surface area contributed by atoms with Crippen molar-refractivity contribution in [3.8, 4) is 10.4 Å². The molecule has 0 atom stereocenters. The van der Waals surface area contributed by atoms with Crippen LogP contribution in [0, 0.1) is 12.7 Å². The van der Waals surface area contributed by atoms with E-state index in [0.29, 0.717) is 5.00 Å². The highest BCUT2D eigenvalue weighted by molar-refractivity contribution is 7.19. The minimum absolute atomic E-state index is 0.264. The first-order valence-corrected chi connectivity index (χ1v) is 7.42. The summed E-state index contributed by atoms with van der Waals surface area (Å²) in [5.74, 6) is -0.264. The minimum atomic E-state index is -0.532. The highest BCUT2D eigenvalue weighted by atomic mass is 32.1. The van der Waals surface area contributed by atoms with Gasteiger partial charge in [-0.15, -0.1) is 11.3 Å². The Kier molecular flexibility index (Phi) is 4.32. The summed E-state index contributed by atoms with van der Waals surface area (Å²) in [5.41, 5.74) is 1.42. The summed E-state index contributed by atoms with van der Waals surface area (Å²) in [6, 6.07) is 8.19. The first-order valence-electron chi connectivity index (χ1n) is 6.61. The molecule has 0 aliphatic heterocycles. The largest absolute Gasteiger partial charge is 0.444 e. The Morgan fingerprint density at radius 3 is 2.43 bits per heavy atom. The van der Waals surface area contributed by atoms with E-state index in [1.54, 1.807) is 12.1 Å². The molecule has 0 saturated carbocycles. The van der Waals surface area contributed by atoms with Gasteiger partial charge in [0.1, 0.15) is 11.4 Å². The number of amides is 1. The zero-order valence-electron chi connectivity index (χ0n) is 12.5. The van der Waals surface area contributed by atoms with Crippen molar-refractivity contribution in [3.05, 3.63) is 41.7 Å². The fraction of sp³-hybridized carbons (Fsp3) is 0.312. The molecular weight excluding hydrogens is 289 g/mol. The topological polar surface area (TPSA) is 38.3 Å². The van der Waals surface area contributed by atoms with E-state index in [1.807, 2.05) is 33.8 Å². The van der Waals surface area contributed by atoms with Crippen LogP contribution in [0.2, 0.25) is 0 Å². The van der Waals surface area contributed by atoms with Crippen molar-refractivity contribution in [2.45, 2.75) is 33.3 Å². The van der Waals surface area contributed by atoms with Crippen LogP contribution in [0.15, 0.2) is 30.3 Å². The van der Waals surface area contributed by atoms with Gasteiger partial charge in [-0.3, -0.25) is 5.32 Å². The summed E-state index contributed by atoms with van der Waals surface area (Å²) in [7, 11) is 0. The van der Waals surface area contributed by atoms with Crippen LogP contribution in [0.3, 0.4) is 0 Å². The highest BCUT2D eigenvalue weighted by Gasteiger charge is 2.17. The molecule has 3 nitrogen and oxygen atoms in total. The average molecular weight is 307 g/mol. The molecule has 21 heavy (non-hydrogen) atoms. The molecule has 1 aromatic carbocycles. The fourth-order valence-electron chi connectivity index (χ4n) is 1.84. The van der Waals surface area contributed by atoms with Gasteiger partial charge in [-0.2, -0.15) is 0 Å². The molecule has 112 valence electrons. The Bertz CT molecular complexity index is 641. The number of aryl methyl sites for hydroxylation is 1. The van der Waals surface area contributed by atoms with Gasteiger partial charge in [-0.05, 0) is 57.0 Å². The van der Waals surface area contributed by atoms with Crippen LogP contribution in [-0.4, -0.2) is 11.7 Å². The molecule has 0 saturated heterocycles. The highest BCUT2D eigenvalue weighted by Crippen LogP contribution is 2.35. The molecular formula is C16H18FNO2S. The van der Waals surface area contributed by atoms with Crippen molar-refractivity contribution in [2.24, 2.45) is 0 Å². The molecule has 5 heteroatoms. The summed E-state index contributed by atoms with van der Waals surface area (Å²) < 4.78 is 18.2. The molecule has 0 spiro atoms. The van der Waals surface area contributed by atoms with Crippen LogP contribution >= 0.6 is 11.3 Å². The fourth-order valence-corrected chi connectivity index (χ4v) is 2.90. The average Bonchev–Trinajstić information content (AvgIpc) is 2.68. The zero-order chi connectivity index (χ0) is 15.6. The van der Waals surface area contributed by atoms with Gasteiger partial charge in [-0.1, -0.05) is 12.1 Å². The predicted octanol–water partition coefficient (Wildman–Crippen LogP) is 5.21. The molecule has 1 N–H and O–H groups in total. The SMILES string of the molecule is Cc1cc(NC(=O)OC(C)(C)C)sc1-c1ccc(F)cc1. The first kappa shape index (κ1) is 15.5. The van der Waals surface area contributed by atoms with Crippen LogP contribution in [0.1, 0.15) is 26.3 Å². The van der Waals surface area contributed by atoms with Crippen LogP contribution in [0.4, 0.5) is 14.2 Å². The maximum absolute atomic E-state index is 13.0. The number of anilines is 1. The summed E-state index contributed by atoms with van der Waals surface area (Å²) in [4.78, 5) is 12.8. The molecule has 1 amide bonds. The van der Waals surface area contributed by atoms with Gasteiger partial charge in [0.2, 0.25) is 0 Å². The van der Waals surface area contributed by atoms with Gasteiger partial charge in [0, 0.05) is 4.88 Å². The lowest BCUT2D eigenvalue weighted by Gasteiger charge is -2.19. The monoisotopic (exact) mass is 307 g/mol. The molecule has 0 aliphatic carbocycles. The summed E-state index contributed by atoms with van der Waals surface area (Å²) in [6.07, 6.45) is -0.477. The number of hydrogen-bond donors (Lipinski definition) is 1. The maximum atomic E-state index is 13.0. The second kappa shape index (κ2) is 5.85. The van der Waals surface area contributed by atoms with Crippen molar-refractivity contribution < 1.29 is 13.9 Å². The number of benzene rings is 1.